The molecule has 0 atom stereocenters. The molecule has 0 aliphatic carbocycles. The second-order valence-corrected chi connectivity index (χ2v) is 4.97. The van der Waals surface area contributed by atoms with Gasteiger partial charge < -0.3 is 15.3 Å². The molecule has 0 bridgehead atoms. The highest BCUT2D eigenvalue weighted by molar-refractivity contribution is 5.95. The first-order valence-electron chi connectivity index (χ1n) is 6.66. The molecule has 0 fully saturated rings. The molecule has 3 aromatic heterocycles. The maximum atomic E-state index is 11.5. The fraction of sp³-hybridized carbons (Fsp3) is 0.0625. The van der Waals surface area contributed by atoms with Crippen molar-refractivity contribution in [2.45, 2.75) is 0 Å². The van der Waals surface area contributed by atoms with Crippen LogP contribution in [0.2, 0.25) is 0 Å². The third kappa shape index (κ3) is 2.54. The van der Waals surface area contributed by atoms with E-state index in [0.717, 1.165) is 27.7 Å². The number of rotatable bonds is 3. The molecule has 6 heteroatoms. The number of hydrogen-bond donors (Lipinski definition) is 2. The second kappa shape index (κ2) is 5.33. The fourth-order valence-corrected chi connectivity index (χ4v) is 2.26. The first-order valence-corrected chi connectivity index (χ1v) is 6.66. The Morgan fingerprint density at radius 3 is 2.91 bits per heavy atom. The normalized spacial score (nSPS) is 11.3. The summed E-state index contributed by atoms with van der Waals surface area (Å²) in [6, 6.07) is 5.24. The Labute approximate surface area is 125 Å². The summed E-state index contributed by atoms with van der Waals surface area (Å²) in [6.07, 6.45) is 8.22. The van der Waals surface area contributed by atoms with Crippen LogP contribution in [0.15, 0.2) is 47.7 Å². The Kier molecular flexibility index (Phi) is 3.34. The molecule has 6 nitrogen and oxygen atoms in total. The van der Waals surface area contributed by atoms with Crippen LogP contribution in [0.4, 0.5) is 0 Å². The van der Waals surface area contributed by atoms with Crippen LogP contribution < -0.4 is 11.3 Å². The van der Waals surface area contributed by atoms with Crippen LogP contribution in [0.25, 0.3) is 28.2 Å². The second-order valence-electron chi connectivity index (χ2n) is 4.97. The van der Waals surface area contributed by atoms with Gasteiger partial charge in [0.15, 0.2) is 0 Å². The van der Waals surface area contributed by atoms with Crippen LogP contribution in [-0.2, 0) is 11.8 Å². The smallest absolute Gasteiger partial charge is 0.250 e. The van der Waals surface area contributed by atoms with Crippen LogP contribution >= 0.6 is 0 Å². The van der Waals surface area contributed by atoms with Crippen molar-refractivity contribution in [2.24, 2.45) is 12.8 Å². The number of pyridine rings is 2. The molecule has 0 aromatic carbocycles. The molecule has 0 spiro atoms. The van der Waals surface area contributed by atoms with Gasteiger partial charge in [0.05, 0.1) is 0 Å². The highest BCUT2D eigenvalue weighted by atomic mass is 16.1. The third-order valence-corrected chi connectivity index (χ3v) is 3.41. The van der Waals surface area contributed by atoms with Gasteiger partial charge in [-0.25, -0.2) is 4.98 Å². The SMILES string of the molecule is Cn1cc(-c2cnc3[nH]cc(C=CC(N)=O)c3c2)ccc1=O. The Balaban J connectivity index is 2.11. The number of H-pyrrole nitrogens is 1. The van der Waals surface area contributed by atoms with Gasteiger partial charge in [-0.3, -0.25) is 9.59 Å². The van der Waals surface area contributed by atoms with E-state index < -0.39 is 5.91 Å². The van der Waals surface area contributed by atoms with Gasteiger partial charge in [-0.15, -0.1) is 0 Å². The van der Waals surface area contributed by atoms with Crippen molar-refractivity contribution in [3.8, 4) is 11.1 Å². The molecule has 3 heterocycles. The minimum Gasteiger partial charge on any atom is -0.366 e. The zero-order valence-electron chi connectivity index (χ0n) is 11.9. The summed E-state index contributed by atoms with van der Waals surface area (Å²) in [6.45, 7) is 0. The number of aryl methyl sites for hydroxylation is 1. The third-order valence-electron chi connectivity index (χ3n) is 3.41. The van der Waals surface area contributed by atoms with Gasteiger partial charge in [-0.2, -0.15) is 0 Å². The van der Waals surface area contributed by atoms with Gasteiger partial charge in [-0.1, -0.05) is 0 Å². The van der Waals surface area contributed by atoms with Gasteiger partial charge in [0.2, 0.25) is 11.5 Å². The van der Waals surface area contributed by atoms with Gasteiger partial charge in [0.1, 0.15) is 5.65 Å². The number of aromatic amines is 1. The van der Waals surface area contributed by atoms with Crippen molar-refractivity contribution in [3.63, 3.8) is 0 Å². The van der Waals surface area contributed by atoms with E-state index in [1.54, 1.807) is 37.8 Å². The summed E-state index contributed by atoms with van der Waals surface area (Å²) in [7, 11) is 1.70. The zero-order chi connectivity index (χ0) is 15.7. The van der Waals surface area contributed by atoms with Gasteiger partial charge in [0.25, 0.3) is 0 Å². The summed E-state index contributed by atoms with van der Waals surface area (Å²) >= 11 is 0. The number of nitrogens with one attached hydrogen (secondary N) is 1. The summed E-state index contributed by atoms with van der Waals surface area (Å²) in [4.78, 5) is 29.7. The van der Waals surface area contributed by atoms with Gasteiger partial charge in [-0.05, 0) is 23.8 Å². The van der Waals surface area contributed by atoms with E-state index in [4.69, 9.17) is 5.73 Å². The van der Waals surface area contributed by atoms with E-state index in [9.17, 15) is 9.59 Å². The lowest BCUT2D eigenvalue weighted by molar-refractivity contribution is -0.113. The van der Waals surface area contributed by atoms with Crippen molar-refractivity contribution < 1.29 is 4.79 Å². The average molecular weight is 294 g/mol. The quantitative estimate of drug-likeness (QED) is 0.715. The molecule has 3 N–H and O–H groups in total. The lowest BCUT2D eigenvalue weighted by Crippen LogP contribution is -2.13. The number of aromatic nitrogens is 3. The Morgan fingerprint density at radius 2 is 2.18 bits per heavy atom. The Bertz CT molecular complexity index is 950. The Morgan fingerprint density at radius 1 is 1.36 bits per heavy atom. The van der Waals surface area contributed by atoms with E-state index in [2.05, 4.69) is 9.97 Å². The van der Waals surface area contributed by atoms with E-state index in [1.165, 1.54) is 16.7 Å². The molecule has 0 aliphatic heterocycles. The molecule has 0 unspecified atom stereocenters. The summed E-state index contributed by atoms with van der Waals surface area (Å²) < 4.78 is 1.52. The highest BCUT2D eigenvalue weighted by Gasteiger charge is 2.06. The number of hydrogen-bond acceptors (Lipinski definition) is 3. The summed E-state index contributed by atoms with van der Waals surface area (Å²) in [5.41, 5.74) is 8.38. The number of nitrogens with two attached hydrogens (primary N) is 1. The maximum Gasteiger partial charge on any atom is 0.250 e. The van der Waals surface area contributed by atoms with Crippen LogP contribution in [0.1, 0.15) is 5.56 Å². The molecular weight excluding hydrogens is 280 g/mol. The highest BCUT2D eigenvalue weighted by Crippen LogP contribution is 2.24. The van der Waals surface area contributed by atoms with Crippen LogP contribution in [-0.4, -0.2) is 20.4 Å². The van der Waals surface area contributed by atoms with Crippen molar-refractivity contribution in [2.75, 3.05) is 0 Å². The number of carbonyl (C=O) groups is 1. The van der Waals surface area contributed by atoms with Crippen molar-refractivity contribution in [3.05, 3.63) is 58.8 Å². The van der Waals surface area contributed by atoms with Crippen LogP contribution in [0, 0.1) is 0 Å². The molecule has 22 heavy (non-hydrogen) atoms. The van der Waals surface area contributed by atoms with Gasteiger partial charge in [0, 0.05) is 54.3 Å². The number of primary amides is 1. The predicted octanol–water partition coefficient (Wildman–Crippen LogP) is 1.43. The average Bonchev–Trinajstić information content (AvgIpc) is 2.90. The first kappa shape index (κ1) is 13.8. The first-order chi connectivity index (χ1) is 10.5. The molecule has 3 rings (SSSR count). The van der Waals surface area contributed by atoms with Crippen molar-refractivity contribution in [1.82, 2.24) is 14.5 Å². The topological polar surface area (TPSA) is 93.8 Å². The predicted molar refractivity (Wildman–Crippen MR) is 85.0 cm³/mol. The van der Waals surface area contributed by atoms with Crippen LogP contribution in [0.5, 0.6) is 0 Å². The number of carbonyl (C=O) groups excluding carboxylic acids is 1. The molecule has 0 radical (unpaired) electrons. The van der Waals surface area contributed by atoms with E-state index in [1.807, 2.05) is 6.07 Å². The summed E-state index contributed by atoms with van der Waals surface area (Å²) in [5, 5.41) is 0.879. The lowest BCUT2D eigenvalue weighted by Gasteiger charge is -2.04. The van der Waals surface area contributed by atoms with Crippen LogP contribution in [0.3, 0.4) is 0 Å². The maximum absolute atomic E-state index is 11.5. The summed E-state index contributed by atoms with van der Waals surface area (Å²) in [5.74, 6) is -0.503. The minimum absolute atomic E-state index is 0.0653. The number of nitrogens with zero attached hydrogens (tertiary/aromatic N) is 2. The minimum atomic E-state index is -0.503. The molecule has 0 aliphatic rings. The number of fused-ring (bicyclic) bond motifs is 1. The fourth-order valence-electron chi connectivity index (χ4n) is 2.26. The standard InChI is InChI=1S/C16H14N4O2/c1-20-9-11(3-5-15(20)22)12-6-13-10(2-4-14(17)21)7-18-16(13)19-8-12/h2-9H,1H3,(H2,17,21)(H,18,19). The van der Waals surface area contributed by atoms with Gasteiger partial charge >= 0.3 is 0 Å². The lowest BCUT2D eigenvalue weighted by atomic mass is 10.1. The monoisotopic (exact) mass is 294 g/mol. The van der Waals surface area contributed by atoms with E-state index >= 15 is 0 Å². The molecule has 3 aromatic rings. The molecule has 1 amide bonds. The van der Waals surface area contributed by atoms with E-state index in [-0.39, 0.29) is 5.56 Å². The molecule has 0 saturated heterocycles. The molecule has 0 saturated carbocycles. The Hall–Kier alpha value is -3.15. The van der Waals surface area contributed by atoms with Crippen molar-refractivity contribution >= 4 is 23.0 Å². The largest absolute Gasteiger partial charge is 0.366 e. The zero-order valence-corrected chi connectivity index (χ0v) is 11.9. The van der Waals surface area contributed by atoms with E-state index in [0.29, 0.717) is 0 Å². The molecule has 110 valence electrons. The van der Waals surface area contributed by atoms with Crippen molar-refractivity contribution in [1.29, 1.82) is 0 Å². The number of amides is 1. The molecular formula is C16H14N4O2.